The van der Waals surface area contributed by atoms with Crippen molar-refractivity contribution in [1.82, 2.24) is 9.97 Å². The van der Waals surface area contributed by atoms with Crippen LogP contribution in [0, 0.1) is 0 Å². The van der Waals surface area contributed by atoms with Gasteiger partial charge in [-0.3, -0.25) is 14.6 Å². The van der Waals surface area contributed by atoms with Crippen LogP contribution in [0.25, 0.3) is 0 Å². The van der Waals surface area contributed by atoms with Crippen LogP contribution in [-0.2, 0) is 10.9 Å². The van der Waals surface area contributed by atoms with Gasteiger partial charge >= 0.3 is 6.18 Å². The number of nitrogens with two attached hydrogens (primary N) is 1. The third-order valence-electron chi connectivity index (χ3n) is 3.16. The van der Waals surface area contributed by atoms with Gasteiger partial charge in [0.1, 0.15) is 5.69 Å². The average molecular weight is 388 g/mol. The third kappa shape index (κ3) is 4.99. The molecule has 0 spiro atoms. The molecule has 0 saturated heterocycles. The third-order valence-corrected chi connectivity index (χ3v) is 4.00. The number of aromatic amines is 1. The summed E-state index contributed by atoms with van der Waals surface area (Å²) in [7, 11) is 1.53. The van der Waals surface area contributed by atoms with Gasteiger partial charge < -0.3 is 15.8 Å². The minimum absolute atomic E-state index is 0.0599. The lowest BCUT2D eigenvalue weighted by Crippen LogP contribution is -2.23. The van der Waals surface area contributed by atoms with Gasteiger partial charge in [0.05, 0.1) is 12.2 Å². The van der Waals surface area contributed by atoms with Gasteiger partial charge in [-0.2, -0.15) is 13.2 Å². The Morgan fingerprint density at radius 1 is 1.35 bits per heavy atom. The molecule has 0 atom stereocenters. The van der Waals surface area contributed by atoms with Crippen LogP contribution in [0.2, 0.25) is 0 Å². The number of benzene rings is 1. The molecular formula is C15H15F3N4O3S. The molecule has 1 heterocycles. The first-order chi connectivity index (χ1) is 12.2. The lowest BCUT2D eigenvalue weighted by atomic mass is 10.1. The van der Waals surface area contributed by atoms with Crippen LogP contribution in [0.3, 0.4) is 0 Å². The highest BCUT2D eigenvalue weighted by atomic mass is 32.2. The van der Waals surface area contributed by atoms with Crippen LogP contribution in [-0.4, -0.2) is 35.3 Å². The second-order valence-electron chi connectivity index (χ2n) is 5.00. The van der Waals surface area contributed by atoms with E-state index in [2.05, 4.69) is 15.3 Å². The molecule has 1 aromatic carbocycles. The maximum absolute atomic E-state index is 12.5. The van der Waals surface area contributed by atoms with E-state index < -0.39 is 23.2 Å². The number of nitrogens with one attached hydrogen (secondary N) is 2. The summed E-state index contributed by atoms with van der Waals surface area (Å²) in [6.07, 6.45) is -4.50. The van der Waals surface area contributed by atoms with Gasteiger partial charge in [-0.25, -0.2) is 4.98 Å². The number of nitrogens with zero attached hydrogens (tertiary/aromatic N) is 1. The van der Waals surface area contributed by atoms with Crippen LogP contribution in [0.5, 0.6) is 0 Å². The first-order valence-electron chi connectivity index (χ1n) is 7.22. The Bertz CT molecular complexity index is 838. The molecule has 11 heteroatoms. The molecule has 0 bridgehead atoms. The van der Waals surface area contributed by atoms with Crippen molar-refractivity contribution in [2.45, 2.75) is 11.3 Å². The smallest absolute Gasteiger partial charge is 0.384 e. The number of aromatic nitrogens is 2. The molecule has 0 aliphatic heterocycles. The molecule has 1 amide bonds. The van der Waals surface area contributed by atoms with Crippen molar-refractivity contribution < 1.29 is 22.7 Å². The van der Waals surface area contributed by atoms with Crippen LogP contribution >= 0.6 is 11.8 Å². The summed E-state index contributed by atoms with van der Waals surface area (Å²) >= 11 is 1.21. The number of hydrogen-bond acceptors (Lipinski definition) is 6. The SMILES string of the molecule is COCCSc1nc(N)c(NC(=O)c2ccc(C(F)(F)F)cc2)c(=O)[nH]1. The number of hydrogen-bond donors (Lipinski definition) is 3. The fraction of sp³-hybridized carbons (Fsp3) is 0.267. The number of carbonyl (C=O) groups is 1. The van der Waals surface area contributed by atoms with E-state index in [0.29, 0.717) is 12.4 Å². The molecule has 0 saturated carbocycles. The van der Waals surface area contributed by atoms with Gasteiger partial charge in [-0.1, -0.05) is 11.8 Å². The molecule has 2 rings (SSSR count). The number of ether oxygens (including phenoxy) is 1. The Labute approximate surface area is 150 Å². The van der Waals surface area contributed by atoms with Gasteiger partial charge in [0.15, 0.2) is 11.0 Å². The number of nitrogen functional groups attached to an aromatic ring is 1. The number of thioether (sulfide) groups is 1. The average Bonchev–Trinajstić information content (AvgIpc) is 2.57. The van der Waals surface area contributed by atoms with E-state index in [0.717, 1.165) is 24.3 Å². The number of anilines is 2. The van der Waals surface area contributed by atoms with Gasteiger partial charge in [0, 0.05) is 18.4 Å². The lowest BCUT2D eigenvalue weighted by molar-refractivity contribution is -0.137. The van der Waals surface area contributed by atoms with Crippen LogP contribution in [0.1, 0.15) is 15.9 Å². The Morgan fingerprint density at radius 2 is 2.00 bits per heavy atom. The highest BCUT2D eigenvalue weighted by molar-refractivity contribution is 7.99. The Balaban J connectivity index is 2.15. The van der Waals surface area contributed by atoms with Gasteiger partial charge in [-0.05, 0) is 24.3 Å². The summed E-state index contributed by atoms with van der Waals surface area (Å²) in [5, 5.41) is 2.52. The number of alkyl halides is 3. The zero-order chi connectivity index (χ0) is 19.3. The van der Waals surface area contributed by atoms with Crippen molar-refractivity contribution >= 4 is 29.2 Å². The Kier molecular flexibility index (Phi) is 6.27. The standard InChI is InChI=1S/C15H15F3N4O3S/c1-25-6-7-26-14-21-11(19)10(13(24)22-14)20-12(23)8-2-4-9(5-3-8)15(16,17)18/h2-5H,6-7H2,1H3,(H,20,23)(H3,19,21,22,24). The minimum atomic E-state index is -4.50. The summed E-state index contributed by atoms with van der Waals surface area (Å²) < 4.78 is 42.5. The van der Waals surface area contributed by atoms with E-state index in [-0.39, 0.29) is 22.2 Å². The highest BCUT2D eigenvalue weighted by Gasteiger charge is 2.30. The first-order valence-corrected chi connectivity index (χ1v) is 8.21. The van der Waals surface area contributed by atoms with Gasteiger partial charge in [-0.15, -0.1) is 0 Å². The van der Waals surface area contributed by atoms with Crippen molar-refractivity contribution in [3.63, 3.8) is 0 Å². The lowest BCUT2D eigenvalue weighted by Gasteiger charge is -2.10. The molecule has 1 aromatic heterocycles. The molecule has 0 unspecified atom stereocenters. The number of rotatable bonds is 6. The van der Waals surface area contributed by atoms with E-state index >= 15 is 0 Å². The number of carbonyl (C=O) groups excluding carboxylic acids is 1. The predicted molar refractivity (Wildman–Crippen MR) is 91.3 cm³/mol. The number of H-pyrrole nitrogens is 1. The van der Waals surface area contributed by atoms with E-state index in [9.17, 15) is 22.8 Å². The van der Waals surface area contributed by atoms with Crippen molar-refractivity contribution in [2.75, 3.05) is 30.5 Å². The van der Waals surface area contributed by atoms with Gasteiger partial charge in [0.2, 0.25) is 0 Å². The molecule has 0 fully saturated rings. The summed E-state index contributed by atoms with van der Waals surface area (Å²) in [5.74, 6) is -0.442. The maximum Gasteiger partial charge on any atom is 0.416 e. The zero-order valence-electron chi connectivity index (χ0n) is 13.5. The van der Waals surface area contributed by atoms with Crippen molar-refractivity contribution in [2.24, 2.45) is 0 Å². The fourth-order valence-corrected chi connectivity index (χ4v) is 2.65. The van der Waals surface area contributed by atoms with Crippen molar-refractivity contribution in [3.8, 4) is 0 Å². The van der Waals surface area contributed by atoms with Crippen LogP contribution in [0.15, 0.2) is 34.2 Å². The summed E-state index contributed by atoms with van der Waals surface area (Å²) in [4.78, 5) is 30.6. The second kappa shape index (κ2) is 8.23. The second-order valence-corrected chi connectivity index (χ2v) is 6.09. The fourth-order valence-electron chi connectivity index (χ4n) is 1.88. The van der Waals surface area contributed by atoms with Crippen molar-refractivity contribution in [3.05, 3.63) is 45.7 Å². The monoisotopic (exact) mass is 388 g/mol. The first kappa shape index (κ1) is 19.8. The maximum atomic E-state index is 12.5. The van der Waals surface area contributed by atoms with Gasteiger partial charge in [0.25, 0.3) is 11.5 Å². The molecule has 140 valence electrons. The molecule has 26 heavy (non-hydrogen) atoms. The van der Waals surface area contributed by atoms with E-state index in [4.69, 9.17) is 10.5 Å². The van der Waals surface area contributed by atoms with E-state index in [1.807, 2.05) is 0 Å². The Hall–Kier alpha value is -2.53. The topological polar surface area (TPSA) is 110 Å². The zero-order valence-corrected chi connectivity index (χ0v) is 14.3. The number of methoxy groups -OCH3 is 1. The van der Waals surface area contributed by atoms with Crippen molar-refractivity contribution in [1.29, 1.82) is 0 Å². The normalized spacial score (nSPS) is 11.4. The quantitative estimate of drug-likeness (QED) is 0.398. The summed E-state index contributed by atoms with van der Waals surface area (Å²) in [6, 6.07) is 3.56. The number of amides is 1. The molecule has 7 nitrogen and oxygen atoms in total. The van der Waals surface area contributed by atoms with Crippen LogP contribution < -0.4 is 16.6 Å². The molecule has 0 radical (unpaired) electrons. The predicted octanol–water partition coefficient (Wildman–Crippen LogP) is 2.36. The molecule has 0 aliphatic carbocycles. The molecule has 0 aliphatic rings. The molecule has 4 N–H and O–H groups in total. The Morgan fingerprint density at radius 3 is 2.54 bits per heavy atom. The summed E-state index contributed by atoms with van der Waals surface area (Å²) in [5.41, 5.74) is 3.81. The summed E-state index contributed by atoms with van der Waals surface area (Å²) in [6.45, 7) is 0.445. The largest absolute Gasteiger partial charge is 0.416 e. The van der Waals surface area contributed by atoms with Crippen LogP contribution in [0.4, 0.5) is 24.7 Å². The van der Waals surface area contributed by atoms with E-state index in [1.165, 1.54) is 18.9 Å². The number of halogens is 3. The minimum Gasteiger partial charge on any atom is -0.384 e. The highest BCUT2D eigenvalue weighted by Crippen LogP contribution is 2.29. The van der Waals surface area contributed by atoms with E-state index in [1.54, 1.807) is 0 Å². The molecular weight excluding hydrogens is 373 g/mol. The molecule has 2 aromatic rings.